The Balaban J connectivity index is 2.68. The van der Waals surface area contributed by atoms with E-state index < -0.39 is 5.97 Å². The van der Waals surface area contributed by atoms with Crippen LogP contribution in [-0.2, 0) is 15.0 Å². The highest BCUT2D eigenvalue weighted by Gasteiger charge is 2.25. The van der Waals surface area contributed by atoms with Gasteiger partial charge in [-0.2, -0.15) is 0 Å². The first-order valence-electron chi connectivity index (χ1n) is 7.31. The number of carboxylic acid groups (broad SMARTS) is 1. The van der Waals surface area contributed by atoms with Gasteiger partial charge in [-0.3, -0.25) is 9.59 Å². The Bertz CT molecular complexity index is 480. The summed E-state index contributed by atoms with van der Waals surface area (Å²) in [5.74, 6) is -1.07. The molecule has 21 heavy (non-hydrogen) atoms. The Morgan fingerprint density at radius 3 is 2.24 bits per heavy atom. The Labute approximate surface area is 126 Å². The highest BCUT2D eigenvalue weighted by Crippen LogP contribution is 2.28. The molecule has 0 aliphatic rings. The van der Waals surface area contributed by atoms with Crippen molar-refractivity contribution in [3.8, 4) is 0 Å². The average molecular weight is 291 g/mol. The molecule has 0 aliphatic carbocycles. The number of carbonyl (C=O) groups is 2. The zero-order chi connectivity index (χ0) is 16.0. The molecule has 4 heteroatoms. The van der Waals surface area contributed by atoms with Gasteiger partial charge in [-0.25, -0.2) is 0 Å². The van der Waals surface area contributed by atoms with Crippen LogP contribution in [0.2, 0.25) is 0 Å². The monoisotopic (exact) mass is 291 g/mol. The van der Waals surface area contributed by atoms with Crippen LogP contribution in [0, 0.1) is 0 Å². The van der Waals surface area contributed by atoms with E-state index in [2.05, 4.69) is 26.0 Å². The van der Waals surface area contributed by atoms with E-state index in [1.165, 1.54) is 10.5 Å². The molecule has 1 rings (SSSR count). The van der Waals surface area contributed by atoms with Crippen LogP contribution in [0.5, 0.6) is 0 Å². The van der Waals surface area contributed by atoms with Crippen molar-refractivity contribution in [3.05, 3.63) is 35.9 Å². The van der Waals surface area contributed by atoms with Crippen molar-refractivity contribution >= 4 is 11.9 Å². The normalized spacial score (nSPS) is 11.5. The molecule has 0 fully saturated rings. The number of hydrogen-bond acceptors (Lipinski definition) is 2. The van der Waals surface area contributed by atoms with Crippen LogP contribution in [0.25, 0.3) is 0 Å². The molecule has 0 radical (unpaired) electrons. The Morgan fingerprint density at radius 1 is 1.19 bits per heavy atom. The Morgan fingerprint density at radius 2 is 1.76 bits per heavy atom. The minimum Gasteiger partial charge on any atom is -0.480 e. The van der Waals surface area contributed by atoms with Crippen molar-refractivity contribution < 1.29 is 14.7 Å². The number of amides is 1. The third kappa shape index (κ3) is 5.21. The minimum atomic E-state index is -0.973. The number of carboxylic acids is 1. The lowest BCUT2D eigenvalue weighted by atomic mass is 9.80. The molecule has 1 aromatic rings. The van der Waals surface area contributed by atoms with E-state index in [0.29, 0.717) is 12.8 Å². The fourth-order valence-electron chi connectivity index (χ4n) is 2.30. The zero-order valence-corrected chi connectivity index (χ0v) is 13.3. The van der Waals surface area contributed by atoms with Gasteiger partial charge >= 0.3 is 5.97 Å². The van der Waals surface area contributed by atoms with Crippen molar-refractivity contribution in [2.75, 3.05) is 6.54 Å². The van der Waals surface area contributed by atoms with Gasteiger partial charge in [0, 0.05) is 12.5 Å². The van der Waals surface area contributed by atoms with Crippen molar-refractivity contribution in [2.45, 2.75) is 52.0 Å². The molecule has 1 N–H and O–H groups in total. The average Bonchev–Trinajstić information content (AvgIpc) is 2.43. The molecule has 0 spiro atoms. The molecule has 0 saturated heterocycles. The first kappa shape index (κ1) is 17.2. The molecule has 4 nitrogen and oxygen atoms in total. The minimum absolute atomic E-state index is 0.101. The number of rotatable bonds is 7. The van der Waals surface area contributed by atoms with Gasteiger partial charge in [0.05, 0.1) is 0 Å². The number of aliphatic carboxylic acids is 1. The molecule has 0 aliphatic heterocycles. The van der Waals surface area contributed by atoms with Gasteiger partial charge < -0.3 is 10.0 Å². The molecule has 0 unspecified atom stereocenters. The smallest absolute Gasteiger partial charge is 0.323 e. The van der Waals surface area contributed by atoms with Crippen LogP contribution in [0.4, 0.5) is 0 Å². The summed E-state index contributed by atoms with van der Waals surface area (Å²) in [5.41, 5.74) is 1.08. The Hall–Kier alpha value is -1.84. The van der Waals surface area contributed by atoms with E-state index in [4.69, 9.17) is 5.11 Å². The van der Waals surface area contributed by atoms with Crippen LogP contribution in [-0.4, -0.2) is 34.5 Å². The number of benzene rings is 1. The van der Waals surface area contributed by atoms with Crippen LogP contribution in [0.1, 0.15) is 46.1 Å². The van der Waals surface area contributed by atoms with Gasteiger partial charge in [-0.05, 0) is 31.2 Å². The number of nitrogens with zero attached hydrogens (tertiary/aromatic N) is 1. The number of hydrogen-bond donors (Lipinski definition) is 1. The molecule has 0 saturated carbocycles. The summed E-state index contributed by atoms with van der Waals surface area (Å²) < 4.78 is 0. The molecule has 0 heterocycles. The second-order valence-electron chi connectivity index (χ2n) is 6.26. The molecular formula is C17H25NO3. The molecular weight excluding hydrogens is 266 g/mol. The Kier molecular flexibility index (Phi) is 5.94. The lowest BCUT2D eigenvalue weighted by molar-refractivity contribution is -0.145. The molecule has 0 bridgehead atoms. The SMILES string of the molecule is CC(C)N(CC(=O)O)C(=O)CCC(C)(C)c1ccccc1. The van der Waals surface area contributed by atoms with Gasteiger partial charge in [0.1, 0.15) is 6.54 Å². The zero-order valence-electron chi connectivity index (χ0n) is 13.3. The van der Waals surface area contributed by atoms with E-state index in [0.717, 1.165) is 0 Å². The quantitative estimate of drug-likeness (QED) is 0.840. The predicted octanol–water partition coefficient (Wildman–Crippen LogP) is 3.07. The van der Waals surface area contributed by atoms with Gasteiger partial charge in [-0.1, -0.05) is 44.2 Å². The maximum Gasteiger partial charge on any atom is 0.323 e. The summed E-state index contributed by atoms with van der Waals surface area (Å²) in [7, 11) is 0. The lowest BCUT2D eigenvalue weighted by Gasteiger charge is -2.29. The topological polar surface area (TPSA) is 57.6 Å². The highest BCUT2D eigenvalue weighted by atomic mass is 16.4. The number of carbonyl (C=O) groups excluding carboxylic acids is 1. The van der Waals surface area contributed by atoms with E-state index in [9.17, 15) is 9.59 Å². The van der Waals surface area contributed by atoms with Crippen LogP contribution in [0.3, 0.4) is 0 Å². The fraction of sp³-hybridized carbons (Fsp3) is 0.529. The van der Waals surface area contributed by atoms with Crippen molar-refractivity contribution in [3.63, 3.8) is 0 Å². The van der Waals surface area contributed by atoms with Gasteiger partial charge in [0.2, 0.25) is 5.91 Å². The van der Waals surface area contributed by atoms with Gasteiger partial charge in [0.15, 0.2) is 0 Å². The summed E-state index contributed by atoms with van der Waals surface area (Å²) in [4.78, 5) is 24.5. The summed E-state index contributed by atoms with van der Waals surface area (Å²) in [6.07, 6.45) is 1.05. The molecule has 0 aromatic heterocycles. The van der Waals surface area contributed by atoms with Crippen LogP contribution in [0.15, 0.2) is 30.3 Å². The van der Waals surface area contributed by atoms with E-state index in [1.807, 2.05) is 32.0 Å². The summed E-state index contributed by atoms with van der Waals surface area (Å²) in [6.45, 7) is 7.65. The predicted molar refractivity (Wildman–Crippen MR) is 83.2 cm³/mol. The highest BCUT2D eigenvalue weighted by molar-refractivity contribution is 5.81. The molecule has 1 amide bonds. The summed E-state index contributed by atoms with van der Waals surface area (Å²) in [5, 5.41) is 8.89. The van der Waals surface area contributed by atoms with E-state index >= 15 is 0 Å². The first-order chi connectivity index (χ1) is 9.74. The maximum absolute atomic E-state index is 12.3. The molecule has 0 atom stereocenters. The van der Waals surface area contributed by atoms with Crippen molar-refractivity contribution in [1.29, 1.82) is 0 Å². The van der Waals surface area contributed by atoms with Crippen LogP contribution >= 0.6 is 0 Å². The summed E-state index contributed by atoms with van der Waals surface area (Å²) in [6, 6.07) is 9.96. The van der Waals surface area contributed by atoms with E-state index in [1.54, 1.807) is 0 Å². The van der Waals surface area contributed by atoms with Crippen molar-refractivity contribution in [1.82, 2.24) is 4.90 Å². The third-order valence-electron chi connectivity index (χ3n) is 3.77. The van der Waals surface area contributed by atoms with Gasteiger partial charge in [-0.15, -0.1) is 0 Å². The maximum atomic E-state index is 12.3. The third-order valence-corrected chi connectivity index (χ3v) is 3.77. The molecule has 1 aromatic carbocycles. The summed E-state index contributed by atoms with van der Waals surface area (Å²) >= 11 is 0. The largest absolute Gasteiger partial charge is 0.480 e. The van der Waals surface area contributed by atoms with Crippen molar-refractivity contribution in [2.24, 2.45) is 0 Å². The lowest BCUT2D eigenvalue weighted by Crippen LogP contribution is -2.41. The second kappa shape index (κ2) is 7.25. The first-order valence-corrected chi connectivity index (χ1v) is 7.31. The van der Waals surface area contributed by atoms with Crippen LogP contribution < -0.4 is 0 Å². The second-order valence-corrected chi connectivity index (χ2v) is 6.26. The van der Waals surface area contributed by atoms with E-state index in [-0.39, 0.29) is 23.9 Å². The molecule has 116 valence electrons. The van der Waals surface area contributed by atoms with Gasteiger partial charge in [0.25, 0.3) is 0 Å². The fourth-order valence-corrected chi connectivity index (χ4v) is 2.30. The standard InChI is InChI=1S/C17H25NO3/c1-13(2)18(12-16(20)21)15(19)10-11-17(3,4)14-8-6-5-7-9-14/h5-9,13H,10-12H2,1-4H3,(H,20,21).